The van der Waals surface area contributed by atoms with E-state index in [1.165, 1.54) is 0 Å². The van der Waals surface area contributed by atoms with Crippen molar-refractivity contribution in [2.24, 2.45) is 0 Å². The molecule has 0 amide bonds. The lowest BCUT2D eigenvalue weighted by Gasteiger charge is -2.32. The summed E-state index contributed by atoms with van der Waals surface area (Å²) in [7, 11) is 0. The van der Waals surface area contributed by atoms with Gasteiger partial charge in [-0.2, -0.15) is 9.97 Å². The average Bonchev–Trinajstić information content (AvgIpc) is 2.53. The molecule has 1 aliphatic heterocycles. The molecule has 2 aromatic rings. The first-order chi connectivity index (χ1) is 11.9. The number of H-pyrrole nitrogens is 1. The van der Waals surface area contributed by atoms with E-state index in [-0.39, 0.29) is 23.5 Å². The fourth-order valence-electron chi connectivity index (χ4n) is 3.11. The van der Waals surface area contributed by atoms with Gasteiger partial charge in [0.2, 0.25) is 11.8 Å². The predicted octanol–water partition coefficient (Wildman–Crippen LogP) is 1.62. The molecule has 0 bridgehead atoms. The molecule has 1 aliphatic rings. The number of aryl methyl sites for hydroxylation is 1. The zero-order chi connectivity index (χ0) is 18.0. The molecule has 0 atom stereocenters. The number of anilines is 2. The van der Waals surface area contributed by atoms with Gasteiger partial charge in [-0.25, -0.2) is 4.98 Å². The van der Waals surface area contributed by atoms with Crippen molar-refractivity contribution in [1.82, 2.24) is 19.9 Å². The Kier molecular flexibility index (Phi) is 4.87. The normalized spacial score (nSPS) is 15.6. The van der Waals surface area contributed by atoms with Gasteiger partial charge in [-0.15, -0.1) is 0 Å². The van der Waals surface area contributed by atoms with Crippen LogP contribution in [0.5, 0.6) is 5.88 Å². The Hall–Kier alpha value is -2.64. The zero-order valence-corrected chi connectivity index (χ0v) is 14.8. The first-order valence-electron chi connectivity index (χ1n) is 8.54. The highest BCUT2D eigenvalue weighted by Gasteiger charge is 2.24. The summed E-state index contributed by atoms with van der Waals surface area (Å²) in [5, 5.41) is 0. The van der Waals surface area contributed by atoms with E-state index in [9.17, 15) is 4.79 Å². The number of piperidine rings is 1. The van der Waals surface area contributed by atoms with Crippen LogP contribution < -0.4 is 20.9 Å². The molecule has 2 aromatic heterocycles. The van der Waals surface area contributed by atoms with Crippen LogP contribution in [0.3, 0.4) is 0 Å². The van der Waals surface area contributed by atoms with Gasteiger partial charge < -0.3 is 20.4 Å². The topological polar surface area (TPSA) is 110 Å². The van der Waals surface area contributed by atoms with Crippen molar-refractivity contribution < 1.29 is 4.74 Å². The van der Waals surface area contributed by atoms with Gasteiger partial charge in [0.05, 0.1) is 11.8 Å². The van der Waals surface area contributed by atoms with Gasteiger partial charge in [-0.1, -0.05) is 0 Å². The number of hydrogen-bond acceptors (Lipinski definition) is 7. The molecule has 0 aromatic carbocycles. The van der Waals surface area contributed by atoms with Crippen molar-refractivity contribution >= 4 is 11.8 Å². The summed E-state index contributed by atoms with van der Waals surface area (Å²) in [6.45, 7) is 7.32. The Morgan fingerprint density at radius 1 is 1.24 bits per heavy atom. The number of nitrogens with one attached hydrogen (secondary N) is 1. The molecule has 0 aliphatic carbocycles. The number of nitrogens with zero attached hydrogens (tertiary/aromatic N) is 4. The van der Waals surface area contributed by atoms with Crippen molar-refractivity contribution in [3.8, 4) is 5.88 Å². The lowest BCUT2D eigenvalue weighted by molar-refractivity contribution is 0.232. The molecule has 0 saturated carbocycles. The Labute approximate surface area is 146 Å². The third-order valence-electron chi connectivity index (χ3n) is 4.18. The van der Waals surface area contributed by atoms with Gasteiger partial charge in [-0.05, 0) is 33.6 Å². The minimum Gasteiger partial charge on any atom is -0.475 e. The molecule has 3 N–H and O–H groups in total. The van der Waals surface area contributed by atoms with Crippen LogP contribution in [0.15, 0.2) is 16.9 Å². The Bertz CT molecular complexity index is 796. The molecule has 0 radical (unpaired) electrons. The minimum atomic E-state index is -0.0935. The van der Waals surface area contributed by atoms with Crippen LogP contribution in [0, 0.1) is 6.92 Å². The van der Waals surface area contributed by atoms with E-state index in [2.05, 4.69) is 24.8 Å². The van der Waals surface area contributed by atoms with Gasteiger partial charge in [0.25, 0.3) is 5.56 Å². The SMILES string of the molecule is Cc1nc(C2CCN(c3cc(OC(C)C)nc(N)n3)CC2)cc(=O)[nH]1. The lowest BCUT2D eigenvalue weighted by atomic mass is 9.93. The van der Waals surface area contributed by atoms with Crippen molar-refractivity contribution in [3.05, 3.63) is 34.0 Å². The third-order valence-corrected chi connectivity index (χ3v) is 4.18. The van der Waals surface area contributed by atoms with Crippen molar-refractivity contribution in [2.75, 3.05) is 23.7 Å². The Morgan fingerprint density at radius 2 is 1.96 bits per heavy atom. The fourth-order valence-corrected chi connectivity index (χ4v) is 3.11. The molecule has 0 unspecified atom stereocenters. The van der Waals surface area contributed by atoms with Crippen molar-refractivity contribution in [3.63, 3.8) is 0 Å². The summed E-state index contributed by atoms with van der Waals surface area (Å²) in [5.74, 6) is 2.41. The van der Waals surface area contributed by atoms with E-state index in [0.29, 0.717) is 11.7 Å². The standard InChI is InChI=1S/C17H24N6O2/c1-10(2)25-16-9-14(21-17(18)22-16)23-6-4-12(5-7-23)13-8-15(24)20-11(3)19-13/h8-10,12H,4-7H2,1-3H3,(H2,18,21,22)(H,19,20,24). The summed E-state index contributed by atoms with van der Waals surface area (Å²) >= 11 is 0. The highest BCUT2D eigenvalue weighted by molar-refractivity contribution is 5.46. The van der Waals surface area contributed by atoms with Gasteiger partial charge in [0.1, 0.15) is 11.6 Å². The van der Waals surface area contributed by atoms with E-state index in [1.807, 2.05) is 19.9 Å². The van der Waals surface area contributed by atoms with Crippen LogP contribution in [0.25, 0.3) is 0 Å². The predicted molar refractivity (Wildman–Crippen MR) is 96.0 cm³/mol. The fraction of sp³-hybridized carbons (Fsp3) is 0.529. The van der Waals surface area contributed by atoms with Crippen molar-refractivity contribution in [1.29, 1.82) is 0 Å². The zero-order valence-electron chi connectivity index (χ0n) is 14.8. The van der Waals surface area contributed by atoms with E-state index >= 15 is 0 Å². The maximum absolute atomic E-state index is 11.7. The molecule has 134 valence electrons. The van der Waals surface area contributed by atoms with Gasteiger partial charge in [0.15, 0.2) is 0 Å². The number of hydrogen-bond donors (Lipinski definition) is 2. The second-order valence-corrected chi connectivity index (χ2v) is 6.61. The highest BCUT2D eigenvalue weighted by Crippen LogP contribution is 2.29. The summed E-state index contributed by atoms with van der Waals surface area (Å²) in [5.41, 5.74) is 6.59. The molecular formula is C17H24N6O2. The minimum absolute atomic E-state index is 0.0263. The third kappa shape index (κ3) is 4.26. The van der Waals surface area contributed by atoms with Crippen LogP contribution >= 0.6 is 0 Å². The molecule has 8 heteroatoms. The number of aromatic amines is 1. The first kappa shape index (κ1) is 17.2. The summed E-state index contributed by atoms with van der Waals surface area (Å²) in [4.78, 5) is 29.4. The second kappa shape index (κ2) is 7.08. The summed E-state index contributed by atoms with van der Waals surface area (Å²) < 4.78 is 5.64. The van der Waals surface area contributed by atoms with Crippen molar-refractivity contribution in [2.45, 2.75) is 45.6 Å². The molecule has 1 saturated heterocycles. The number of nitrogens with two attached hydrogens (primary N) is 1. The first-order valence-corrected chi connectivity index (χ1v) is 8.54. The molecular weight excluding hydrogens is 320 g/mol. The van der Waals surface area contributed by atoms with E-state index in [0.717, 1.165) is 37.4 Å². The number of aromatic nitrogens is 4. The van der Waals surface area contributed by atoms with Gasteiger partial charge in [-0.3, -0.25) is 4.79 Å². The Morgan fingerprint density at radius 3 is 2.60 bits per heavy atom. The monoisotopic (exact) mass is 344 g/mol. The molecule has 3 heterocycles. The van der Waals surface area contributed by atoms with E-state index < -0.39 is 0 Å². The highest BCUT2D eigenvalue weighted by atomic mass is 16.5. The molecule has 1 fully saturated rings. The Balaban J connectivity index is 1.72. The smallest absolute Gasteiger partial charge is 0.251 e. The van der Waals surface area contributed by atoms with Crippen LogP contribution in [0.2, 0.25) is 0 Å². The quantitative estimate of drug-likeness (QED) is 0.867. The van der Waals surface area contributed by atoms with E-state index in [4.69, 9.17) is 10.5 Å². The van der Waals surface area contributed by atoms with Crippen LogP contribution in [-0.4, -0.2) is 39.1 Å². The van der Waals surface area contributed by atoms with Gasteiger partial charge >= 0.3 is 0 Å². The summed E-state index contributed by atoms with van der Waals surface area (Å²) in [6.07, 6.45) is 1.83. The van der Waals surface area contributed by atoms with Gasteiger partial charge in [0, 0.05) is 31.1 Å². The number of rotatable bonds is 4. The van der Waals surface area contributed by atoms with Crippen LogP contribution in [-0.2, 0) is 0 Å². The lowest BCUT2D eigenvalue weighted by Crippen LogP contribution is -2.34. The average molecular weight is 344 g/mol. The summed E-state index contributed by atoms with van der Waals surface area (Å²) in [6, 6.07) is 3.43. The van der Waals surface area contributed by atoms with E-state index in [1.54, 1.807) is 13.0 Å². The maximum atomic E-state index is 11.7. The van der Waals surface area contributed by atoms with Crippen LogP contribution in [0.4, 0.5) is 11.8 Å². The molecule has 8 nitrogen and oxygen atoms in total. The number of nitrogen functional groups attached to an aromatic ring is 1. The maximum Gasteiger partial charge on any atom is 0.251 e. The number of ether oxygens (including phenoxy) is 1. The largest absolute Gasteiger partial charge is 0.475 e. The molecule has 3 rings (SSSR count). The second-order valence-electron chi connectivity index (χ2n) is 6.61. The molecule has 0 spiro atoms. The molecule has 25 heavy (non-hydrogen) atoms. The van der Waals surface area contributed by atoms with Crippen LogP contribution in [0.1, 0.15) is 44.1 Å².